The van der Waals surface area contributed by atoms with E-state index in [4.69, 9.17) is 4.74 Å². The lowest BCUT2D eigenvalue weighted by Crippen LogP contribution is -2.24. The van der Waals surface area contributed by atoms with Gasteiger partial charge in [-0.25, -0.2) is 9.97 Å². The Labute approximate surface area is 103 Å². The monoisotopic (exact) mass is 235 g/mol. The quantitative estimate of drug-likeness (QED) is 0.763. The molecule has 0 atom stereocenters. The number of hydrogen-bond donors (Lipinski definition) is 1. The lowest BCUT2D eigenvalue weighted by Gasteiger charge is -2.10. The minimum atomic E-state index is 0.540. The van der Waals surface area contributed by atoms with Gasteiger partial charge in [-0.2, -0.15) is 0 Å². The summed E-state index contributed by atoms with van der Waals surface area (Å²) in [5, 5.41) is 3.37. The molecule has 1 aromatic rings. The van der Waals surface area contributed by atoms with Gasteiger partial charge in [0.1, 0.15) is 6.33 Å². The van der Waals surface area contributed by atoms with E-state index in [1.54, 1.807) is 6.33 Å². The van der Waals surface area contributed by atoms with E-state index in [-0.39, 0.29) is 0 Å². The fourth-order valence-corrected chi connectivity index (χ4v) is 2.09. The molecular weight excluding hydrogens is 214 g/mol. The number of aromatic nitrogens is 2. The minimum Gasteiger partial charge on any atom is -0.477 e. The summed E-state index contributed by atoms with van der Waals surface area (Å²) in [6, 6.07) is 0.540. The number of rotatable bonds is 6. The minimum absolute atomic E-state index is 0.540. The van der Waals surface area contributed by atoms with Crippen LogP contribution in [0.2, 0.25) is 0 Å². The molecule has 0 amide bonds. The third-order valence-electron chi connectivity index (χ3n) is 2.95. The van der Waals surface area contributed by atoms with Crippen LogP contribution in [0.4, 0.5) is 0 Å². The number of aryl methyl sites for hydroxylation is 1. The Morgan fingerprint density at radius 2 is 2.24 bits per heavy atom. The molecule has 0 saturated carbocycles. The first-order valence-corrected chi connectivity index (χ1v) is 6.46. The van der Waals surface area contributed by atoms with Crippen LogP contribution in [0, 0.1) is 0 Å². The molecule has 2 rings (SSSR count). The summed E-state index contributed by atoms with van der Waals surface area (Å²) in [6.45, 7) is 6.02. The Hall–Kier alpha value is -1.16. The maximum atomic E-state index is 5.74. The molecule has 1 aromatic heterocycles. The molecule has 17 heavy (non-hydrogen) atoms. The highest BCUT2D eigenvalue weighted by molar-refractivity contribution is 5.33. The Balaban J connectivity index is 1.78. The Morgan fingerprint density at radius 3 is 3.06 bits per heavy atom. The Kier molecular flexibility index (Phi) is 4.31. The summed E-state index contributed by atoms with van der Waals surface area (Å²) in [5.74, 6) is 0.803. The number of nitrogens with zero attached hydrogens (tertiary/aromatic N) is 2. The highest BCUT2D eigenvalue weighted by atomic mass is 16.5. The zero-order valence-corrected chi connectivity index (χ0v) is 10.7. The van der Waals surface area contributed by atoms with Gasteiger partial charge in [0, 0.05) is 11.6 Å². The van der Waals surface area contributed by atoms with Crippen LogP contribution in [0.1, 0.15) is 37.9 Å². The highest BCUT2D eigenvalue weighted by Gasteiger charge is 2.17. The van der Waals surface area contributed by atoms with Crippen molar-refractivity contribution in [2.75, 3.05) is 13.2 Å². The lowest BCUT2D eigenvalue weighted by molar-refractivity contribution is 0.291. The van der Waals surface area contributed by atoms with Gasteiger partial charge in [-0.3, -0.25) is 0 Å². The second kappa shape index (κ2) is 5.96. The van der Waals surface area contributed by atoms with Crippen LogP contribution < -0.4 is 10.1 Å². The lowest BCUT2D eigenvalue weighted by atomic mass is 10.2. The molecule has 0 aliphatic heterocycles. The molecule has 0 spiro atoms. The Morgan fingerprint density at radius 1 is 1.35 bits per heavy atom. The second-order valence-electron chi connectivity index (χ2n) is 4.77. The predicted octanol–water partition coefficient (Wildman–Crippen LogP) is 1.73. The predicted molar refractivity (Wildman–Crippen MR) is 67.3 cm³/mol. The van der Waals surface area contributed by atoms with Crippen molar-refractivity contribution in [1.29, 1.82) is 0 Å². The molecule has 4 nitrogen and oxygen atoms in total. The van der Waals surface area contributed by atoms with Gasteiger partial charge in [0.2, 0.25) is 5.88 Å². The molecule has 0 saturated heterocycles. The fraction of sp³-hybridized carbons (Fsp3) is 0.692. The van der Waals surface area contributed by atoms with Crippen LogP contribution in [0.15, 0.2) is 6.33 Å². The van der Waals surface area contributed by atoms with Crippen LogP contribution in [-0.4, -0.2) is 29.2 Å². The maximum absolute atomic E-state index is 5.74. The van der Waals surface area contributed by atoms with E-state index in [0.717, 1.165) is 38.3 Å². The number of fused-ring (bicyclic) bond motifs is 1. The van der Waals surface area contributed by atoms with E-state index in [2.05, 4.69) is 29.1 Å². The SMILES string of the molecule is CC(C)NCCCOc1ncnc2c1CCC2. The topological polar surface area (TPSA) is 47.0 Å². The van der Waals surface area contributed by atoms with Gasteiger partial charge >= 0.3 is 0 Å². The number of nitrogens with one attached hydrogen (secondary N) is 1. The van der Waals surface area contributed by atoms with E-state index in [1.807, 2.05) is 0 Å². The van der Waals surface area contributed by atoms with Crippen molar-refractivity contribution < 1.29 is 4.74 Å². The van der Waals surface area contributed by atoms with Gasteiger partial charge in [0.05, 0.1) is 12.3 Å². The van der Waals surface area contributed by atoms with Crippen molar-refractivity contribution in [2.45, 2.75) is 45.6 Å². The van der Waals surface area contributed by atoms with Crippen molar-refractivity contribution in [1.82, 2.24) is 15.3 Å². The highest BCUT2D eigenvalue weighted by Crippen LogP contribution is 2.26. The smallest absolute Gasteiger partial charge is 0.219 e. The first kappa shape index (κ1) is 12.3. The van der Waals surface area contributed by atoms with Crippen LogP contribution in [-0.2, 0) is 12.8 Å². The molecule has 4 heteroatoms. The summed E-state index contributed by atoms with van der Waals surface area (Å²) < 4.78 is 5.74. The van der Waals surface area contributed by atoms with E-state index in [0.29, 0.717) is 6.04 Å². The molecular formula is C13H21N3O. The molecule has 94 valence electrons. The van der Waals surface area contributed by atoms with Gasteiger partial charge in [-0.15, -0.1) is 0 Å². The second-order valence-corrected chi connectivity index (χ2v) is 4.77. The van der Waals surface area contributed by atoms with E-state index < -0.39 is 0 Å². The molecule has 1 N–H and O–H groups in total. The molecule has 0 radical (unpaired) electrons. The summed E-state index contributed by atoms with van der Waals surface area (Å²) in [7, 11) is 0. The van der Waals surface area contributed by atoms with Gasteiger partial charge in [0.15, 0.2) is 0 Å². The largest absolute Gasteiger partial charge is 0.477 e. The molecule has 0 aromatic carbocycles. The third-order valence-corrected chi connectivity index (χ3v) is 2.95. The summed E-state index contributed by atoms with van der Waals surface area (Å²) >= 11 is 0. The van der Waals surface area contributed by atoms with E-state index in [9.17, 15) is 0 Å². The van der Waals surface area contributed by atoms with Crippen molar-refractivity contribution in [3.05, 3.63) is 17.6 Å². The molecule has 1 aliphatic rings. The standard InChI is InChI=1S/C13H21N3O/c1-10(2)14-7-4-8-17-13-11-5-3-6-12(11)15-9-16-13/h9-10,14H,3-8H2,1-2H3. The first-order valence-electron chi connectivity index (χ1n) is 6.46. The van der Waals surface area contributed by atoms with E-state index in [1.165, 1.54) is 17.7 Å². The van der Waals surface area contributed by atoms with Crippen LogP contribution in [0.5, 0.6) is 5.88 Å². The third kappa shape index (κ3) is 3.40. The van der Waals surface area contributed by atoms with Gasteiger partial charge in [-0.05, 0) is 32.2 Å². The van der Waals surface area contributed by atoms with Crippen molar-refractivity contribution >= 4 is 0 Å². The zero-order chi connectivity index (χ0) is 12.1. The van der Waals surface area contributed by atoms with E-state index >= 15 is 0 Å². The Bertz CT molecular complexity index is 366. The number of hydrogen-bond acceptors (Lipinski definition) is 4. The summed E-state index contributed by atoms with van der Waals surface area (Å²) in [5.41, 5.74) is 2.40. The van der Waals surface area contributed by atoms with Crippen LogP contribution in [0.25, 0.3) is 0 Å². The average Bonchev–Trinajstić information content (AvgIpc) is 2.77. The molecule has 1 aliphatic carbocycles. The molecule has 0 fully saturated rings. The van der Waals surface area contributed by atoms with Crippen molar-refractivity contribution in [3.8, 4) is 5.88 Å². The van der Waals surface area contributed by atoms with Crippen LogP contribution >= 0.6 is 0 Å². The summed E-state index contributed by atoms with van der Waals surface area (Å²) in [6.07, 6.45) is 5.95. The molecule has 0 unspecified atom stereocenters. The first-order chi connectivity index (χ1) is 8.27. The van der Waals surface area contributed by atoms with Gasteiger partial charge in [-0.1, -0.05) is 13.8 Å². The van der Waals surface area contributed by atoms with Gasteiger partial charge < -0.3 is 10.1 Å². The molecule has 1 heterocycles. The van der Waals surface area contributed by atoms with Crippen molar-refractivity contribution in [3.63, 3.8) is 0 Å². The van der Waals surface area contributed by atoms with Crippen LogP contribution in [0.3, 0.4) is 0 Å². The fourth-order valence-electron chi connectivity index (χ4n) is 2.09. The van der Waals surface area contributed by atoms with Gasteiger partial charge in [0.25, 0.3) is 0 Å². The molecule has 0 bridgehead atoms. The normalized spacial score (nSPS) is 14.1. The average molecular weight is 235 g/mol. The maximum Gasteiger partial charge on any atom is 0.219 e. The summed E-state index contributed by atoms with van der Waals surface area (Å²) in [4.78, 5) is 8.51. The van der Waals surface area contributed by atoms with Crippen molar-refractivity contribution in [2.24, 2.45) is 0 Å². The zero-order valence-electron chi connectivity index (χ0n) is 10.7. The number of ether oxygens (including phenoxy) is 1.